The molecule has 1 saturated heterocycles. The van der Waals surface area contributed by atoms with Crippen molar-refractivity contribution in [1.29, 1.82) is 0 Å². The molecule has 1 aromatic rings. The van der Waals surface area contributed by atoms with Gasteiger partial charge in [-0.25, -0.2) is 0 Å². The number of amides is 1. The quantitative estimate of drug-likeness (QED) is 0.837. The number of nitrogens with zero attached hydrogens (tertiary/aromatic N) is 2. The van der Waals surface area contributed by atoms with Crippen molar-refractivity contribution in [2.45, 2.75) is 31.6 Å². The zero-order valence-electron chi connectivity index (χ0n) is 10.6. The summed E-state index contributed by atoms with van der Waals surface area (Å²) in [7, 11) is 0. The molecule has 1 saturated carbocycles. The second-order valence-electron chi connectivity index (χ2n) is 5.61. The van der Waals surface area contributed by atoms with Gasteiger partial charge < -0.3 is 10.6 Å². The van der Waals surface area contributed by atoms with E-state index in [4.69, 9.17) is 5.73 Å². The van der Waals surface area contributed by atoms with Crippen LogP contribution >= 0.6 is 0 Å². The van der Waals surface area contributed by atoms with Crippen molar-refractivity contribution in [3.05, 3.63) is 17.5 Å². The first-order chi connectivity index (χ1) is 8.72. The average Bonchev–Trinajstić information content (AvgIpc) is 3.03. The molecule has 2 aliphatic rings. The highest BCUT2D eigenvalue weighted by atomic mass is 16.1. The lowest BCUT2D eigenvalue weighted by Crippen LogP contribution is -2.35. The summed E-state index contributed by atoms with van der Waals surface area (Å²) < 4.78 is 0. The fraction of sp³-hybridized carbons (Fsp3) is 0.692. The fourth-order valence-electron chi connectivity index (χ4n) is 2.81. The van der Waals surface area contributed by atoms with Gasteiger partial charge in [0.25, 0.3) is 5.91 Å². The lowest BCUT2D eigenvalue weighted by molar-refractivity contribution is 0.0995. The first-order valence-electron chi connectivity index (χ1n) is 6.80. The van der Waals surface area contributed by atoms with E-state index in [-0.39, 0.29) is 0 Å². The van der Waals surface area contributed by atoms with Crippen LogP contribution in [-0.4, -0.2) is 40.6 Å². The number of nitrogens with two attached hydrogens (primary N) is 1. The maximum atomic E-state index is 11.0. The number of aromatic nitrogens is 2. The molecule has 5 heteroatoms. The molecule has 0 bridgehead atoms. The molecule has 1 aromatic heterocycles. The van der Waals surface area contributed by atoms with Crippen LogP contribution in [0, 0.1) is 5.92 Å². The van der Waals surface area contributed by atoms with Gasteiger partial charge in [0, 0.05) is 24.7 Å². The number of hydrogen-bond donors (Lipinski definition) is 2. The first-order valence-corrected chi connectivity index (χ1v) is 6.80. The molecule has 1 aliphatic heterocycles. The molecule has 3 rings (SSSR count). The van der Waals surface area contributed by atoms with Crippen molar-refractivity contribution in [2.75, 3.05) is 19.6 Å². The molecular weight excluding hydrogens is 228 g/mol. The summed E-state index contributed by atoms with van der Waals surface area (Å²) in [4.78, 5) is 13.6. The third kappa shape index (κ3) is 2.56. The van der Waals surface area contributed by atoms with Crippen LogP contribution in [0.4, 0.5) is 0 Å². The highest BCUT2D eigenvalue weighted by molar-refractivity contribution is 5.90. The second kappa shape index (κ2) is 4.72. The number of hydrogen-bond acceptors (Lipinski definition) is 3. The van der Waals surface area contributed by atoms with E-state index in [2.05, 4.69) is 15.1 Å². The van der Waals surface area contributed by atoms with E-state index >= 15 is 0 Å². The monoisotopic (exact) mass is 248 g/mol. The van der Waals surface area contributed by atoms with Gasteiger partial charge in [-0.05, 0) is 44.2 Å². The van der Waals surface area contributed by atoms with Gasteiger partial charge in [0.2, 0.25) is 0 Å². The number of nitrogens with one attached hydrogen (secondary N) is 1. The van der Waals surface area contributed by atoms with E-state index in [0.29, 0.717) is 11.6 Å². The molecule has 1 atom stereocenters. The second-order valence-corrected chi connectivity index (χ2v) is 5.61. The number of piperidine rings is 1. The van der Waals surface area contributed by atoms with Crippen molar-refractivity contribution in [3.63, 3.8) is 0 Å². The predicted octanol–water partition coefficient (Wildman–Crippen LogP) is 1.10. The summed E-state index contributed by atoms with van der Waals surface area (Å²) in [5, 5.41) is 6.94. The third-order valence-corrected chi connectivity index (χ3v) is 4.01. The summed E-state index contributed by atoms with van der Waals surface area (Å²) in [5.74, 6) is 0.952. The minimum atomic E-state index is -0.455. The summed E-state index contributed by atoms with van der Waals surface area (Å²) in [6.45, 7) is 3.54. The van der Waals surface area contributed by atoms with Gasteiger partial charge in [-0.15, -0.1) is 0 Å². The number of rotatable bonds is 4. The van der Waals surface area contributed by atoms with Crippen molar-refractivity contribution in [3.8, 4) is 0 Å². The smallest absolute Gasteiger partial charge is 0.269 e. The molecule has 18 heavy (non-hydrogen) atoms. The molecule has 1 aliphatic carbocycles. The predicted molar refractivity (Wildman–Crippen MR) is 68.2 cm³/mol. The molecule has 2 fully saturated rings. The molecule has 0 unspecified atom stereocenters. The van der Waals surface area contributed by atoms with Crippen LogP contribution in [0.3, 0.4) is 0 Å². The first kappa shape index (κ1) is 11.7. The summed E-state index contributed by atoms with van der Waals surface area (Å²) in [5.41, 5.74) is 6.64. The molecule has 98 valence electrons. The number of likely N-dealkylation sites (tertiary alicyclic amines) is 1. The van der Waals surface area contributed by atoms with Crippen molar-refractivity contribution >= 4 is 5.91 Å². The number of carbonyl (C=O) groups excluding carboxylic acids is 1. The number of primary amides is 1. The van der Waals surface area contributed by atoms with Crippen LogP contribution in [0.15, 0.2) is 6.07 Å². The standard InChI is InChI=1S/C13H20N4O/c14-13(18)12-6-11(15-16-12)10-2-1-5-17(8-10)7-9-3-4-9/h6,9-10H,1-5,7-8H2,(H2,14,18)(H,15,16)/t10-/m1/s1. The Hall–Kier alpha value is -1.36. The summed E-state index contributed by atoms with van der Waals surface area (Å²) in [6, 6.07) is 1.81. The van der Waals surface area contributed by atoms with Gasteiger partial charge in [-0.1, -0.05) is 0 Å². The molecule has 0 spiro atoms. The van der Waals surface area contributed by atoms with E-state index in [1.54, 1.807) is 0 Å². The van der Waals surface area contributed by atoms with E-state index in [9.17, 15) is 4.79 Å². The van der Waals surface area contributed by atoms with Crippen molar-refractivity contribution in [1.82, 2.24) is 15.1 Å². The summed E-state index contributed by atoms with van der Waals surface area (Å²) >= 11 is 0. The number of H-pyrrole nitrogens is 1. The molecule has 0 aromatic carbocycles. The maximum absolute atomic E-state index is 11.0. The van der Waals surface area contributed by atoms with E-state index in [1.807, 2.05) is 6.07 Å². The molecule has 3 N–H and O–H groups in total. The number of carbonyl (C=O) groups is 1. The highest BCUT2D eigenvalue weighted by Crippen LogP contribution is 2.32. The van der Waals surface area contributed by atoms with Crippen LogP contribution in [0.5, 0.6) is 0 Å². The topological polar surface area (TPSA) is 75.0 Å². The van der Waals surface area contributed by atoms with Crippen molar-refractivity contribution < 1.29 is 4.79 Å². The molecule has 5 nitrogen and oxygen atoms in total. The van der Waals surface area contributed by atoms with Crippen LogP contribution in [0.2, 0.25) is 0 Å². The van der Waals surface area contributed by atoms with Crippen LogP contribution in [0.25, 0.3) is 0 Å². The van der Waals surface area contributed by atoms with Gasteiger partial charge in [0.1, 0.15) is 5.69 Å². The Balaban J connectivity index is 1.64. The normalized spacial score (nSPS) is 25.2. The minimum Gasteiger partial charge on any atom is -0.364 e. The van der Waals surface area contributed by atoms with Gasteiger partial charge in [-0.3, -0.25) is 9.89 Å². The van der Waals surface area contributed by atoms with Gasteiger partial charge >= 0.3 is 0 Å². The van der Waals surface area contributed by atoms with E-state index in [0.717, 1.165) is 18.2 Å². The Kier molecular flexibility index (Phi) is 3.07. The molecule has 1 amide bonds. The highest BCUT2D eigenvalue weighted by Gasteiger charge is 2.28. The molecule has 0 radical (unpaired) electrons. The van der Waals surface area contributed by atoms with Gasteiger partial charge in [0.05, 0.1) is 0 Å². The van der Waals surface area contributed by atoms with Crippen LogP contribution in [-0.2, 0) is 0 Å². The SMILES string of the molecule is NC(=O)c1cc([C@@H]2CCCN(CC3CC3)C2)[nH]n1. The Morgan fingerprint density at radius 2 is 2.33 bits per heavy atom. The summed E-state index contributed by atoms with van der Waals surface area (Å²) in [6.07, 6.45) is 5.19. The average molecular weight is 248 g/mol. The van der Waals surface area contributed by atoms with Gasteiger partial charge in [-0.2, -0.15) is 5.10 Å². The van der Waals surface area contributed by atoms with Crippen LogP contribution < -0.4 is 5.73 Å². The Morgan fingerprint density at radius 1 is 1.50 bits per heavy atom. The lowest BCUT2D eigenvalue weighted by Gasteiger charge is -2.32. The van der Waals surface area contributed by atoms with Crippen molar-refractivity contribution in [2.24, 2.45) is 11.7 Å². The fourth-order valence-corrected chi connectivity index (χ4v) is 2.81. The van der Waals surface area contributed by atoms with E-state index < -0.39 is 5.91 Å². The van der Waals surface area contributed by atoms with Gasteiger partial charge in [0.15, 0.2) is 0 Å². The number of aromatic amines is 1. The zero-order chi connectivity index (χ0) is 12.5. The zero-order valence-corrected chi connectivity index (χ0v) is 10.6. The largest absolute Gasteiger partial charge is 0.364 e. The maximum Gasteiger partial charge on any atom is 0.269 e. The Bertz CT molecular complexity index is 438. The molecular formula is C13H20N4O. The van der Waals surface area contributed by atoms with Crippen LogP contribution in [0.1, 0.15) is 47.8 Å². The third-order valence-electron chi connectivity index (χ3n) is 4.01. The Labute approximate surface area is 107 Å². The van der Waals surface area contributed by atoms with E-state index in [1.165, 1.54) is 38.8 Å². The lowest BCUT2D eigenvalue weighted by atomic mass is 9.94. The molecule has 2 heterocycles. The Morgan fingerprint density at radius 3 is 3.00 bits per heavy atom. The minimum absolute atomic E-state index is 0.351.